The number of nitrogens with zero attached hydrogens (tertiary/aromatic N) is 6. The van der Waals surface area contributed by atoms with Crippen LogP contribution in [0.15, 0.2) is 43.0 Å². The maximum Gasteiger partial charge on any atom is 0.251 e. The minimum atomic E-state index is -1.02. The summed E-state index contributed by atoms with van der Waals surface area (Å²) in [6, 6.07) is 3.59. The zero-order valence-electron chi connectivity index (χ0n) is 18.6. The zero-order chi connectivity index (χ0) is 23.8. The molecule has 8 nitrogen and oxygen atoms in total. The number of pyridine rings is 1. The summed E-state index contributed by atoms with van der Waals surface area (Å²) >= 11 is 0. The van der Waals surface area contributed by atoms with Gasteiger partial charge in [0.2, 0.25) is 5.95 Å². The Kier molecular flexibility index (Phi) is 5.64. The summed E-state index contributed by atoms with van der Waals surface area (Å²) in [6.45, 7) is 3.68. The second-order valence-corrected chi connectivity index (χ2v) is 8.36. The molecule has 1 fully saturated rings. The molecule has 0 saturated carbocycles. The summed E-state index contributed by atoms with van der Waals surface area (Å²) in [4.78, 5) is 26.7. The summed E-state index contributed by atoms with van der Waals surface area (Å²) in [5.41, 5.74) is 6.74. The number of aryl methyl sites for hydroxylation is 1. The Balaban J connectivity index is 1.35. The highest BCUT2D eigenvalue weighted by molar-refractivity contribution is 5.93. The average Bonchev–Trinajstić information content (AvgIpc) is 3.28. The van der Waals surface area contributed by atoms with Gasteiger partial charge in [-0.2, -0.15) is 5.10 Å². The number of piperidine rings is 1. The lowest BCUT2D eigenvalue weighted by molar-refractivity contribution is 0.0996. The molecule has 0 atom stereocenters. The lowest BCUT2D eigenvalue weighted by atomic mass is 10.0. The molecule has 0 spiro atoms. The Morgan fingerprint density at radius 1 is 1.03 bits per heavy atom. The van der Waals surface area contributed by atoms with Crippen LogP contribution in [-0.2, 0) is 6.42 Å². The van der Waals surface area contributed by atoms with Crippen LogP contribution >= 0.6 is 0 Å². The largest absolute Gasteiger partial charge is 0.366 e. The molecule has 10 heteroatoms. The normalized spacial score (nSPS) is 14.6. The topological polar surface area (TPSA) is 103 Å². The molecular formula is C24H23F2N7O. The van der Waals surface area contributed by atoms with Crippen LogP contribution in [0.2, 0.25) is 0 Å². The Hall–Kier alpha value is -3.95. The maximum absolute atomic E-state index is 14.5. The van der Waals surface area contributed by atoms with Gasteiger partial charge in [-0.25, -0.2) is 18.7 Å². The predicted molar refractivity (Wildman–Crippen MR) is 123 cm³/mol. The highest BCUT2D eigenvalue weighted by Crippen LogP contribution is 2.30. The van der Waals surface area contributed by atoms with E-state index in [0.29, 0.717) is 0 Å². The SMILES string of the molecule is CCc1cnc(N2CCC(n3ncc4cc(-c5cc(F)c(C(N)=O)cc5F)ncc43)CC2)nc1. The molecule has 1 amide bonds. The quantitative estimate of drug-likeness (QED) is 0.485. The number of anilines is 1. The van der Waals surface area contributed by atoms with Gasteiger partial charge < -0.3 is 10.6 Å². The molecule has 1 aliphatic rings. The van der Waals surface area contributed by atoms with Crippen molar-refractivity contribution in [1.29, 1.82) is 0 Å². The molecule has 0 unspecified atom stereocenters. The first kappa shape index (κ1) is 21.9. The molecule has 0 radical (unpaired) electrons. The van der Waals surface area contributed by atoms with E-state index >= 15 is 0 Å². The van der Waals surface area contributed by atoms with Crippen molar-refractivity contribution in [2.24, 2.45) is 5.73 Å². The third-order valence-corrected chi connectivity index (χ3v) is 6.27. The summed E-state index contributed by atoms with van der Waals surface area (Å²) in [5, 5.41) is 5.32. The molecule has 3 aromatic heterocycles. The summed E-state index contributed by atoms with van der Waals surface area (Å²) < 4.78 is 30.7. The molecular weight excluding hydrogens is 440 g/mol. The average molecular weight is 463 g/mol. The number of halogens is 2. The fourth-order valence-corrected chi connectivity index (χ4v) is 4.32. The van der Waals surface area contributed by atoms with Crippen molar-refractivity contribution in [1.82, 2.24) is 24.7 Å². The van der Waals surface area contributed by atoms with Gasteiger partial charge in [-0.05, 0) is 43.0 Å². The lowest BCUT2D eigenvalue weighted by Crippen LogP contribution is -2.36. The zero-order valence-corrected chi connectivity index (χ0v) is 18.6. The number of primary amides is 1. The van der Waals surface area contributed by atoms with E-state index in [4.69, 9.17) is 5.73 Å². The van der Waals surface area contributed by atoms with E-state index in [1.54, 1.807) is 18.5 Å². The van der Waals surface area contributed by atoms with Crippen molar-refractivity contribution in [2.75, 3.05) is 18.0 Å². The van der Waals surface area contributed by atoms with E-state index < -0.39 is 23.1 Å². The number of amides is 1. The minimum Gasteiger partial charge on any atom is -0.366 e. The number of benzene rings is 1. The number of hydrogen-bond donors (Lipinski definition) is 1. The van der Waals surface area contributed by atoms with Crippen molar-refractivity contribution >= 4 is 22.8 Å². The number of carbonyl (C=O) groups excluding carboxylic acids is 1. The van der Waals surface area contributed by atoms with Crippen molar-refractivity contribution in [3.63, 3.8) is 0 Å². The fourth-order valence-electron chi connectivity index (χ4n) is 4.32. The Bertz CT molecular complexity index is 1360. The van der Waals surface area contributed by atoms with E-state index in [0.717, 1.165) is 66.9 Å². The second-order valence-electron chi connectivity index (χ2n) is 8.36. The van der Waals surface area contributed by atoms with Crippen LogP contribution < -0.4 is 10.6 Å². The first-order valence-corrected chi connectivity index (χ1v) is 11.1. The molecule has 0 bridgehead atoms. The molecule has 5 rings (SSSR count). The molecule has 1 aromatic carbocycles. The summed E-state index contributed by atoms with van der Waals surface area (Å²) in [5.74, 6) is -1.94. The summed E-state index contributed by atoms with van der Waals surface area (Å²) in [7, 11) is 0. The van der Waals surface area contributed by atoms with Crippen LogP contribution in [0.1, 0.15) is 41.7 Å². The Morgan fingerprint density at radius 2 is 1.76 bits per heavy atom. The lowest BCUT2D eigenvalue weighted by Gasteiger charge is -2.32. The Morgan fingerprint density at radius 3 is 2.44 bits per heavy atom. The fraction of sp³-hybridized carbons (Fsp3) is 0.292. The highest BCUT2D eigenvalue weighted by atomic mass is 19.1. The predicted octanol–water partition coefficient (Wildman–Crippen LogP) is 3.67. The van der Waals surface area contributed by atoms with E-state index in [2.05, 4.69) is 31.9 Å². The van der Waals surface area contributed by atoms with E-state index in [9.17, 15) is 13.6 Å². The summed E-state index contributed by atoms with van der Waals surface area (Å²) in [6.07, 6.45) is 9.70. The Labute approximate surface area is 194 Å². The number of hydrogen-bond acceptors (Lipinski definition) is 6. The van der Waals surface area contributed by atoms with Crippen LogP contribution in [0.5, 0.6) is 0 Å². The first-order chi connectivity index (χ1) is 16.4. The van der Waals surface area contributed by atoms with Crippen molar-refractivity contribution < 1.29 is 13.6 Å². The van der Waals surface area contributed by atoms with Gasteiger partial charge in [-0.1, -0.05) is 6.92 Å². The smallest absolute Gasteiger partial charge is 0.251 e. The molecule has 4 heterocycles. The van der Waals surface area contributed by atoms with Gasteiger partial charge in [0, 0.05) is 36.4 Å². The molecule has 1 saturated heterocycles. The second kappa shape index (κ2) is 8.77. The van der Waals surface area contributed by atoms with Gasteiger partial charge in [-0.15, -0.1) is 0 Å². The number of fused-ring (bicyclic) bond motifs is 1. The maximum atomic E-state index is 14.5. The number of nitrogens with two attached hydrogens (primary N) is 1. The number of aromatic nitrogens is 5. The number of rotatable bonds is 5. The van der Waals surface area contributed by atoms with Gasteiger partial charge >= 0.3 is 0 Å². The molecule has 2 N–H and O–H groups in total. The van der Waals surface area contributed by atoms with Crippen LogP contribution in [0.4, 0.5) is 14.7 Å². The van der Waals surface area contributed by atoms with E-state index in [1.807, 2.05) is 17.1 Å². The third-order valence-electron chi connectivity index (χ3n) is 6.27. The number of carbonyl (C=O) groups is 1. The van der Waals surface area contributed by atoms with Crippen LogP contribution in [0, 0.1) is 11.6 Å². The van der Waals surface area contributed by atoms with Gasteiger partial charge in [0.15, 0.2) is 0 Å². The van der Waals surface area contributed by atoms with E-state index in [1.165, 1.54) is 0 Å². The highest BCUT2D eigenvalue weighted by Gasteiger charge is 2.24. The molecule has 174 valence electrons. The van der Waals surface area contributed by atoms with Gasteiger partial charge in [0.25, 0.3) is 5.91 Å². The molecule has 0 aliphatic carbocycles. The minimum absolute atomic E-state index is 0.0421. The van der Waals surface area contributed by atoms with E-state index in [-0.39, 0.29) is 17.3 Å². The standard InChI is InChI=1S/C24H23F2N7O/c1-2-14-10-29-24(30-11-14)32-5-3-16(4-6-32)33-22-13-28-21(7-15(22)12-31-33)17-8-20(26)18(23(27)34)9-19(17)25/h7-13,16H,2-6H2,1H3,(H2,27,34). The molecule has 4 aromatic rings. The first-order valence-electron chi connectivity index (χ1n) is 11.1. The monoisotopic (exact) mass is 463 g/mol. The van der Waals surface area contributed by atoms with Crippen molar-refractivity contribution in [3.8, 4) is 11.3 Å². The van der Waals surface area contributed by atoms with Crippen LogP contribution in [0.3, 0.4) is 0 Å². The van der Waals surface area contributed by atoms with Crippen LogP contribution in [0.25, 0.3) is 22.2 Å². The molecule has 1 aliphatic heterocycles. The van der Waals surface area contributed by atoms with Gasteiger partial charge in [0.05, 0.1) is 35.2 Å². The van der Waals surface area contributed by atoms with Crippen LogP contribution in [-0.4, -0.2) is 43.7 Å². The van der Waals surface area contributed by atoms with Gasteiger partial charge in [0.1, 0.15) is 11.6 Å². The van der Waals surface area contributed by atoms with Gasteiger partial charge in [-0.3, -0.25) is 14.5 Å². The van der Waals surface area contributed by atoms with Crippen molar-refractivity contribution in [2.45, 2.75) is 32.2 Å². The molecule has 34 heavy (non-hydrogen) atoms. The third kappa shape index (κ3) is 3.95. The van der Waals surface area contributed by atoms with Crippen molar-refractivity contribution in [3.05, 3.63) is 65.7 Å².